The molecule has 1 atom stereocenters. The molecular weight excluding hydrogens is 186 g/mol. The molecule has 0 saturated heterocycles. The van der Waals surface area contributed by atoms with Crippen LogP contribution in [0.25, 0.3) is 0 Å². The third-order valence-electron chi connectivity index (χ3n) is 3.22. The molecule has 1 aliphatic carbocycles. The van der Waals surface area contributed by atoms with Crippen molar-refractivity contribution in [2.24, 2.45) is 16.6 Å². The van der Waals surface area contributed by atoms with E-state index in [1.54, 1.807) is 0 Å². The Kier molecular flexibility index (Phi) is 4.92. The highest BCUT2D eigenvalue weighted by Gasteiger charge is 2.15. The molecule has 15 heavy (non-hydrogen) atoms. The summed E-state index contributed by atoms with van der Waals surface area (Å²) in [7, 11) is 0. The maximum absolute atomic E-state index is 5.91. The summed E-state index contributed by atoms with van der Waals surface area (Å²) in [6, 6.07) is 0.928. The zero-order chi connectivity index (χ0) is 11.3. The number of nitrogens with two attached hydrogens (primary N) is 1. The first-order valence-electron chi connectivity index (χ1n) is 6.23. The van der Waals surface area contributed by atoms with Crippen molar-refractivity contribution in [3.05, 3.63) is 0 Å². The molecule has 0 heterocycles. The maximum atomic E-state index is 5.91. The van der Waals surface area contributed by atoms with E-state index in [-0.39, 0.29) is 0 Å². The lowest BCUT2D eigenvalue weighted by Crippen LogP contribution is -2.43. The Morgan fingerprint density at radius 3 is 2.47 bits per heavy atom. The van der Waals surface area contributed by atoms with Gasteiger partial charge in [0.1, 0.15) is 0 Å². The summed E-state index contributed by atoms with van der Waals surface area (Å²) in [4.78, 5) is 4.53. The average molecular weight is 211 g/mol. The topological polar surface area (TPSA) is 50.4 Å². The first kappa shape index (κ1) is 12.3. The van der Waals surface area contributed by atoms with Gasteiger partial charge >= 0.3 is 0 Å². The van der Waals surface area contributed by atoms with Crippen molar-refractivity contribution in [2.75, 3.05) is 0 Å². The number of rotatable bonds is 4. The predicted molar refractivity (Wildman–Crippen MR) is 65.9 cm³/mol. The highest BCUT2D eigenvalue weighted by atomic mass is 15.1. The summed E-state index contributed by atoms with van der Waals surface area (Å²) in [6.07, 6.45) is 6.13. The van der Waals surface area contributed by atoms with Crippen LogP contribution in [0, 0.1) is 5.92 Å². The van der Waals surface area contributed by atoms with Crippen LogP contribution in [0.1, 0.15) is 52.9 Å². The van der Waals surface area contributed by atoms with Crippen LogP contribution in [0.2, 0.25) is 0 Å². The van der Waals surface area contributed by atoms with Gasteiger partial charge in [0.25, 0.3) is 0 Å². The molecule has 0 aromatic rings. The fourth-order valence-corrected chi connectivity index (χ4v) is 2.20. The number of nitrogens with zero attached hydrogens (tertiary/aromatic N) is 1. The molecule has 0 amide bonds. The smallest absolute Gasteiger partial charge is 0.189 e. The molecule has 1 saturated carbocycles. The third-order valence-corrected chi connectivity index (χ3v) is 3.22. The van der Waals surface area contributed by atoms with Gasteiger partial charge < -0.3 is 11.1 Å². The van der Waals surface area contributed by atoms with Crippen LogP contribution in [0.4, 0.5) is 0 Å². The lowest BCUT2D eigenvalue weighted by atomic mass is 10.0. The summed E-state index contributed by atoms with van der Waals surface area (Å²) < 4.78 is 0. The van der Waals surface area contributed by atoms with Crippen LogP contribution in [0.3, 0.4) is 0 Å². The monoisotopic (exact) mass is 211 g/mol. The molecule has 0 aromatic heterocycles. The molecule has 0 aliphatic heterocycles. The van der Waals surface area contributed by atoms with Crippen molar-refractivity contribution < 1.29 is 0 Å². The van der Waals surface area contributed by atoms with Gasteiger partial charge in [0.15, 0.2) is 5.96 Å². The summed E-state index contributed by atoms with van der Waals surface area (Å²) in [5.41, 5.74) is 5.91. The van der Waals surface area contributed by atoms with Gasteiger partial charge in [-0.3, -0.25) is 4.99 Å². The van der Waals surface area contributed by atoms with Crippen LogP contribution < -0.4 is 11.1 Å². The maximum Gasteiger partial charge on any atom is 0.189 e. The minimum absolute atomic E-state index is 0.454. The van der Waals surface area contributed by atoms with Crippen LogP contribution in [-0.2, 0) is 0 Å². The molecule has 0 spiro atoms. The van der Waals surface area contributed by atoms with Gasteiger partial charge in [0, 0.05) is 6.04 Å². The van der Waals surface area contributed by atoms with E-state index in [2.05, 4.69) is 31.1 Å². The van der Waals surface area contributed by atoms with Crippen molar-refractivity contribution in [3.8, 4) is 0 Å². The Morgan fingerprint density at radius 1 is 1.40 bits per heavy atom. The van der Waals surface area contributed by atoms with Gasteiger partial charge in [-0.15, -0.1) is 0 Å². The summed E-state index contributed by atoms with van der Waals surface area (Å²) >= 11 is 0. The molecule has 1 aliphatic rings. The second-order valence-electron chi connectivity index (χ2n) is 4.86. The van der Waals surface area contributed by atoms with Gasteiger partial charge in [-0.05, 0) is 25.2 Å². The van der Waals surface area contributed by atoms with Crippen LogP contribution in [0.5, 0.6) is 0 Å². The average Bonchev–Trinajstić information content (AvgIpc) is 2.66. The fraction of sp³-hybridized carbons (Fsp3) is 0.917. The number of hydrogen-bond acceptors (Lipinski definition) is 1. The number of nitrogens with one attached hydrogen (secondary N) is 1. The van der Waals surface area contributed by atoms with E-state index in [0.29, 0.717) is 24.0 Å². The predicted octanol–water partition coefficient (Wildman–Crippen LogP) is 2.27. The van der Waals surface area contributed by atoms with E-state index in [1.165, 1.54) is 25.7 Å². The van der Waals surface area contributed by atoms with Gasteiger partial charge in [-0.25, -0.2) is 0 Å². The van der Waals surface area contributed by atoms with Crippen molar-refractivity contribution in [2.45, 2.75) is 65.0 Å². The Labute approximate surface area is 93.5 Å². The Hall–Kier alpha value is -0.730. The molecule has 3 heteroatoms. The van der Waals surface area contributed by atoms with Gasteiger partial charge in [0.2, 0.25) is 0 Å². The normalized spacial score (nSPS) is 20.9. The molecule has 88 valence electrons. The third kappa shape index (κ3) is 4.10. The fourth-order valence-electron chi connectivity index (χ4n) is 2.20. The first-order chi connectivity index (χ1) is 7.13. The van der Waals surface area contributed by atoms with E-state index in [0.717, 1.165) is 6.42 Å². The van der Waals surface area contributed by atoms with Crippen molar-refractivity contribution in [3.63, 3.8) is 0 Å². The SMILES string of the molecule is CCC(NC(N)=NC1CCCC1)C(C)C. The molecule has 0 radical (unpaired) electrons. The summed E-state index contributed by atoms with van der Waals surface area (Å²) in [5, 5.41) is 3.32. The Balaban J connectivity index is 2.41. The van der Waals surface area contributed by atoms with Crippen molar-refractivity contribution in [1.82, 2.24) is 5.32 Å². The van der Waals surface area contributed by atoms with Crippen LogP contribution >= 0.6 is 0 Å². The molecular formula is C12H25N3. The molecule has 3 nitrogen and oxygen atoms in total. The second-order valence-corrected chi connectivity index (χ2v) is 4.86. The zero-order valence-electron chi connectivity index (χ0n) is 10.3. The minimum atomic E-state index is 0.454. The second kappa shape index (κ2) is 5.99. The lowest BCUT2D eigenvalue weighted by Gasteiger charge is -2.21. The summed E-state index contributed by atoms with van der Waals surface area (Å²) in [5.74, 6) is 1.25. The Bertz CT molecular complexity index is 205. The molecule has 0 bridgehead atoms. The van der Waals surface area contributed by atoms with E-state index in [9.17, 15) is 0 Å². The molecule has 1 unspecified atom stereocenters. The lowest BCUT2D eigenvalue weighted by molar-refractivity contribution is 0.439. The molecule has 0 aromatic carbocycles. The summed E-state index contributed by atoms with van der Waals surface area (Å²) in [6.45, 7) is 6.61. The van der Waals surface area contributed by atoms with Crippen LogP contribution in [0.15, 0.2) is 4.99 Å². The molecule has 1 rings (SSSR count). The van der Waals surface area contributed by atoms with Gasteiger partial charge in [-0.1, -0.05) is 33.6 Å². The minimum Gasteiger partial charge on any atom is -0.370 e. The van der Waals surface area contributed by atoms with Crippen molar-refractivity contribution >= 4 is 5.96 Å². The van der Waals surface area contributed by atoms with E-state index >= 15 is 0 Å². The van der Waals surface area contributed by atoms with Gasteiger partial charge in [-0.2, -0.15) is 0 Å². The molecule has 3 N–H and O–H groups in total. The highest BCUT2D eigenvalue weighted by molar-refractivity contribution is 5.78. The Morgan fingerprint density at radius 2 is 2.00 bits per heavy atom. The largest absolute Gasteiger partial charge is 0.370 e. The zero-order valence-corrected chi connectivity index (χ0v) is 10.3. The van der Waals surface area contributed by atoms with Gasteiger partial charge in [0.05, 0.1) is 6.04 Å². The van der Waals surface area contributed by atoms with E-state index in [1.807, 2.05) is 0 Å². The quantitative estimate of drug-likeness (QED) is 0.553. The number of aliphatic imine (C=N–C) groups is 1. The van der Waals surface area contributed by atoms with E-state index in [4.69, 9.17) is 5.73 Å². The highest BCUT2D eigenvalue weighted by Crippen LogP contribution is 2.20. The standard InChI is InChI=1S/C12H25N3/c1-4-11(9(2)3)15-12(13)14-10-7-5-6-8-10/h9-11H,4-8H2,1-3H3,(H3,13,14,15). The van der Waals surface area contributed by atoms with Crippen LogP contribution in [-0.4, -0.2) is 18.0 Å². The van der Waals surface area contributed by atoms with E-state index < -0.39 is 0 Å². The number of guanidine groups is 1. The molecule has 1 fully saturated rings. The number of hydrogen-bond donors (Lipinski definition) is 2. The first-order valence-corrected chi connectivity index (χ1v) is 6.23. The van der Waals surface area contributed by atoms with Crippen molar-refractivity contribution in [1.29, 1.82) is 0 Å².